The van der Waals surface area contributed by atoms with Crippen LogP contribution in [0, 0.1) is 5.82 Å². The Morgan fingerprint density at radius 2 is 1.64 bits per heavy atom. The number of anilines is 1. The number of hydrogen-bond donors (Lipinski definition) is 2. The minimum Gasteiger partial charge on any atom is -0.369 e. The molecule has 0 unspecified atom stereocenters. The Kier molecular flexibility index (Phi) is 7.59. The highest BCUT2D eigenvalue weighted by molar-refractivity contribution is 6.31. The summed E-state index contributed by atoms with van der Waals surface area (Å²) in [7, 11) is 0. The minimum absolute atomic E-state index is 0.127. The van der Waals surface area contributed by atoms with E-state index in [2.05, 4.69) is 5.32 Å². The molecule has 3 atom stereocenters. The van der Waals surface area contributed by atoms with Crippen molar-refractivity contribution in [3.63, 3.8) is 0 Å². The Morgan fingerprint density at radius 3 is 2.36 bits per heavy atom. The van der Waals surface area contributed by atoms with Gasteiger partial charge in [0.25, 0.3) is 0 Å². The van der Waals surface area contributed by atoms with Gasteiger partial charge in [0.1, 0.15) is 11.2 Å². The first-order chi connectivity index (χ1) is 20.2. The maximum atomic E-state index is 14.9. The van der Waals surface area contributed by atoms with Crippen LogP contribution in [0.4, 0.5) is 14.9 Å². The second kappa shape index (κ2) is 11.2. The topological polar surface area (TPSA) is 99.0 Å². The Morgan fingerprint density at radius 1 is 0.929 bits per heavy atom. The van der Waals surface area contributed by atoms with Crippen LogP contribution in [0.15, 0.2) is 66.7 Å². The Bertz CT molecular complexity index is 1560. The van der Waals surface area contributed by atoms with E-state index in [1.165, 1.54) is 12.1 Å². The summed E-state index contributed by atoms with van der Waals surface area (Å²) in [5.41, 5.74) is 6.70. The number of nitrogens with zero attached hydrogens (tertiary/aromatic N) is 3. The number of primary amides is 1. The molecule has 0 aliphatic carbocycles. The number of carbonyl (C=O) groups excluding carboxylic acids is 3. The lowest BCUT2D eigenvalue weighted by atomic mass is 9.59. The third-order valence-electron chi connectivity index (χ3n) is 8.69. The first-order valence-corrected chi connectivity index (χ1v) is 14.6. The third-order valence-corrected chi connectivity index (χ3v) is 9.16. The third kappa shape index (κ3) is 4.89. The van der Waals surface area contributed by atoms with Crippen LogP contribution in [-0.4, -0.2) is 71.8 Å². The van der Waals surface area contributed by atoms with Gasteiger partial charge in [-0.15, -0.1) is 0 Å². The zero-order valence-electron chi connectivity index (χ0n) is 22.7. The van der Waals surface area contributed by atoms with E-state index in [1.54, 1.807) is 40.1 Å². The smallest absolute Gasteiger partial charge is 0.320 e. The lowest BCUT2D eigenvalue weighted by Gasteiger charge is -2.53. The molecule has 0 radical (unpaired) electrons. The standard InChI is InChI=1S/C31H30Cl2FN5O3/c32-21-5-1-3-19(15-21)24-9-10-39(30(42)38-13-11-37(12-14-38)18-27(35)40)28(20-4-2-6-23(34)16-20)31(24)25-8-7-22(33)17-26(25)36-29(31)41/h1-8,15-17,24,28H,9-14,18H2,(H2,35,40)(H,36,41)/t24-,28+,31+/m0/s1. The maximum absolute atomic E-state index is 14.9. The van der Waals surface area contributed by atoms with Crippen LogP contribution >= 0.6 is 23.2 Å². The van der Waals surface area contributed by atoms with Crippen molar-refractivity contribution >= 4 is 46.7 Å². The molecular weight excluding hydrogens is 580 g/mol. The van der Waals surface area contributed by atoms with E-state index in [-0.39, 0.29) is 24.4 Å². The lowest BCUT2D eigenvalue weighted by molar-refractivity contribution is -0.126. The van der Waals surface area contributed by atoms with Gasteiger partial charge < -0.3 is 20.9 Å². The first-order valence-electron chi connectivity index (χ1n) is 13.9. The number of piperidine rings is 1. The molecule has 6 rings (SSSR count). The van der Waals surface area contributed by atoms with Crippen LogP contribution in [0.3, 0.4) is 0 Å². The monoisotopic (exact) mass is 609 g/mol. The van der Waals surface area contributed by atoms with E-state index >= 15 is 0 Å². The van der Waals surface area contributed by atoms with Gasteiger partial charge >= 0.3 is 6.03 Å². The molecule has 3 aromatic carbocycles. The molecule has 3 aliphatic rings. The van der Waals surface area contributed by atoms with Crippen LogP contribution in [0.5, 0.6) is 0 Å². The molecule has 1 spiro atoms. The van der Waals surface area contributed by atoms with Gasteiger partial charge in [-0.2, -0.15) is 0 Å². The van der Waals surface area contributed by atoms with Crippen molar-refractivity contribution in [2.75, 3.05) is 44.6 Å². The van der Waals surface area contributed by atoms with E-state index in [0.29, 0.717) is 66.0 Å². The molecule has 4 amide bonds. The Hall–Kier alpha value is -3.66. The normalized spacial score (nSPS) is 24.0. The molecule has 11 heteroatoms. The summed E-state index contributed by atoms with van der Waals surface area (Å²) >= 11 is 12.8. The number of piperazine rings is 1. The summed E-state index contributed by atoms with van der Waals surface area (Å²) < 4.78 is 14.9. The molecule has 0 bridgehead atoms. The van der Waals surface area contributed by atoms with Gasteiger partial charge in [-0.25, -0.2) is 9.18 Å². The predicted molar refractivity (Wildman–Crippen MR) is 159 cm³/mol. The van der Waals surface area contributed by atoms with Crippen LogP contribution < -0.4 is 11.1 Å². The van der Waals surface area contributed by atoms with Gasteiger partial charge in [0, 0.05) is 54.4 Å². The van der Waals surface area contributed by atoms with Crippen molar-refractivity contribution in [1.82, 2.24) is 14.7 Å². The quantitative estimate of drug-likeness (QED) is 0.445. The van der Waals surface area contributed by atoms with E-state index in [0.717, 1.165) is 5.56 Å². The van der Waals surface area contributed by atoms with E-state index in [1.807, 2.05) is 29.2 Å². The first kappa shape index (κ1) is 28.5. The molecule has 2 saturated heterocycles. The van der Waals surface area contributed by atoms with Gasteiger partial charge in [0.05, 0.1) is 12.6 Å². The van der Waals surface area contributed by atoms with Gasteiger partial charge in [0.2, 0.25) is 11.8 Å². The number of nitrogens with one attached hydrogen (secondary N) is 1. The Labute approximate surface area is 253 Å². The summed E-state index contributed by atoms with van der Waals surface area (Å²) in [6, 6.07) is 17.7. The van der Waals surface area contributed by atoms with Gasteiger partial charge in [-0.05, 0) is 59.5 Å². The molecule has 42 heavy (non-hydrogen) atoms. The van der Waals surface area contributed by atoms with Crippen molar-refractivity contribution in [3.05, 3.63) is 99.3 Å². The highest BCUT2D eigenvalue weighted by atomic mass is 35.5. The van der Waals surface area contributed by atoms with Crippen LogP contribution in [0.1, 0.15) is 35.1 Å². The largest absolute Gasteiger partial charge is 0.369 e. The van der Waals surface area contributed by atoms with Crippen molar-refractivity contribution < 1.29 is 18.8 Å². The summed E-state index contributed by atoms with van der Waals surface area (Å²) in [5.74, 6) is -1.56. The van der Waals surface area contributed by atoms with Crippen molar-refractivity contribution in [2.24, 2.45) is 5.73 Å². The van der Waals surface area contributed by atoms with E-state index in [4.69, 9.17) is 28.9 Å². The SMILES string of the molecule is NC(=O)CN1CCN(C(=O)N2CC[C@@H](c3cccc(Cl)c3)[C@]3(C(=O)Nc4cc(Cl)ccc43)[C@H]2c2cccc(F)c2)CC1. The average Bonchev–Trinajstić information content (AvgIpc) is 3.23. The maximum Gasteiger partial charge on any atom is 0.320 e. The van der Waals surface area contributed by atoms with Crippen molar-refractivity contribution in [1.29, 1.82) is 0 Å². The Balaban J connectivity index is 1.50. The molecule has 3 aliphatic heterocycles. The van der Waals surface area contributed by atoms with Crippen molar-refractivity contribution in [2.45, 2.75) is 23.8 Å². The fourth-order valence-electron chi connectivity index (χ4n) is 6.99. The van der Waals surface area contributed by atoms with Gasteiger partial charge in [0.15, 0.2) is 0 Å². The highest BCUT2D eigenvalue weighted by Crippen LogP contribution is 2.60. The van der Waals surface area contributed by atoms with E-state index in [9.17, 15) is 18.8 Å². The number of urea groups is 1. The molecule has 218 valence electrons. The zero-order valence-corrected chi connectivity index (χ0v) is 24.2. The van der Waals surface area contributed by atoms with Gasteiger partial charge in [-0.1, -0.05) is 53.5 Å². The molecule has 3 heterocycles. The van der Waals surface area contributed by atoms with Crippen LogP contribution in [-0.2, 0) is 15.0 Å². The van der Waals surface area contributed by atoms with Crippen LogP contribution in [0.25, 0.3) is 0 Å². The lowest BCUT2D eigenvalue weighted by Crippen LogP contribution is -2.61. The second-order valence-corrected chi connectivity index (χ2v) is 11.9. The average molecular weight is 611 g/mol. The van der Waals surface area contributed by atoms with Crippen LogP contribution in [0.2, 0.25) is 10.0 Å². The molecular formula is C31H30Cl2FN5O3. The number of carbonyl (C=O) groups is 3. The molecule has 3 N–H and O–H groups in total. The van der Waals surface area contributed by atoms with Crippen molar-refractivity contribution in [3.8, 4) is 0 Å². The molecule has 3 aromatic rings. The summed E-state index contributed by atoms with van der Waals surface area (Å²) in [5, 5.41) is 4.04. The number of halogens is 3. The fraction of sp³-hybridized carbons (Fsp3) is 0.323. The summed E-state index contributed by atoms with van der Waals surface area (Å²) in [6.45, 7) is 2.22. The molecule has 0 saturated carbocycles. The zero-order chi connectivity index (χ0) is 29.6. The number of hydrogen-bond acceptors (Lipinski definition) is 4. The van der Waals surface area contributed by atoms with E-state index < -0.39 is 23.2 Å². The number of rotatable bonds is 4. The number of benzene rings is 3. The highest BCUT2D eigenvalue weighted by Gasteiger charge is 2.62. The minimum atomic E-state index is -1.31. The summed E-state index contributed by atoms with van der Waals surface area (Å²) in [4.78, 5) is 45.6. The molecule has 2 fully saturated rings. The summed E-state index contributed by atoms with van der Waals surface area (Å²) in [6.07, 6.45) is 0.467. The number of amides is 4. The second-order valence-electron chi connectivity index (χ2n) is 11.1. The number of likely N-dealkylation sites (tertiary alicyclic amines) is 1. The molecule has 8 nitrogen and oxygen atoms in total. The number of nitrogens with two attached hydrogens (primary N) is 1. The predicted octanol–water partition coefficient (Wildman–Crippen LogP) is 4.78. The van der Waals surface area contributed by atoms with Gasteiger partial charge in [-0.3, -0.25) is 14.5 Å². The fourth-order valence-corrected chi connectivity index (χ4v) is 7.36. The number of fused-ring (bicyclic) bond motifs is 2. The molecule has 0 aromatic heterocycles.